The number of hydrazine groups is 1. The second-order valence-electron chi connectivity index (χ2n) is 3.45. The molecule has 0 aliphatic carbocycles. The lowest BCUT2D eigenvalue weighted by Crippen LogP contribution is -2.16. The highest BCUT2D eigenvalue weighted by Gasteiger charge is 2.28. The molecule has 0 aromatic carbocycles. The molecule has 1 aromatic rings. The molecule has 0 atom stereocenters. The topological polar surface area (TPSA) is 119 Å². The van der Waals surface area contributed by atoms with E-state index in [1.165, 1.54) is 6.92 Å². The fraction of sp³-hybridized carbons (Fsp3) is 0.500. The third-order valence-electron chi connectivity index (χ3n) is 2.03. The fourth-order valence-corrected chi connectivity index (χ4v) is 1.75. The first-order chi connectivity index (χ1) is 9.24. The number of rotatable bonds is 6. The van der Waals surface area contributed by atoms with Crippen LogP contribution in [0.1, 0.15) is 5.69 Å². The molecule has 1 heterocycles. The van der Waals surface area contributed by atoms with Gasteiger partial charge in [0.25, 0.3) is 0 Å². The third kappa shape index (κ3) is 4.70. The van der Waals surface area contributed by atoms with Crippen LogP contribution in [0.25, 0.3) is 0 Å². The number of nitrogens with one attached hydrogen (secondary N) is 2. The van der Waals surface area contributed by atoms with Crippen LogP contribution in [-0.2, 0) is 0 Å². The number of alkyl halides is 3. The van der Waals surface area contributed by atoms with Gasteiger partial charge in [0.05, 0.1) is 4.92 Å². The van der Waals surface area contributed by atoms with Crippen LogP contribution in [0.15, 0.2) is 0 Å². The van der Waals surface area contributed by atoms with Gasteiger partial charge in [-0.3, -0.25) is 15.5 Å². The Hall–Kier alpha value is -1.82. The molecule has 0 saturated carbocycles. The number of anilines is 2. The van der Waals surface area contributed by atoms with E-state index in [-0.39, 0.29) is 41.5 Å². The van der Waals surface area contributed by atoms with Gasteiger partial charge in [-0.25, -0.2) is 10.8 Å². The molecule has 0 bridgehead atoms. The summed E-state index contributed by atoms with van der Waals surface area (Å²) in [6.07, 6.45) is 0. The number of thioether (sulfide) groups is 1. The Kier molecular flexibility index (Phi) is 5.33. The number of nitro groups is 1. The van der Waals surface area contributed by atoms with Gasteiger partial charge in [0.1, 0.15) is 5.69 Å². The SMILES string of the molecule is Cc1nc(NN)nc(NCCSC(F)(F)F)c1[N+](=O)[O-]. The molecule has 0 unspecified atom stereocenters. The molecule has 1 rings (SSSR count). The highest BCUT2D eigenvalue weighted by Crippen LogP contribution is 2.30. The van der Waals surface area contributed by atoms with Crippen molar-refractivity contribution < 1.29 is 18.1 Å². The highest BCUT2D eigenvalue weighted by atomic mass is 32.2. The molecule has 0 aliphatic rings. The molecule has 4 N–H and O–H groups in total. The van der Waals surface area contributed by atoms with Gasteiger partial charge in [-0.2, -0.15) is 18.2 Å². The average Bonchev–Trinajstić information content (AvgIpc) is 2.32. The molecular weight excluding hydrogens is 301 g/mol. The zero-order valence-corrected chi connectivity index (χ0v) is 11.0. The van der Waals surface area contributed by atoms with Gasteiger partial charge in [-0.05, 0) is 18.7 Å². The molecule has 112 valence electrons. The van der Waals surface area contributed by atoms with Gasteiger partial charge in [0, 0.05) is 12.3 Å². The van der Waals surface area contributed by atoms with Crippen LogP contribution in [0, 0.1) is 17.0 Å². The van der Waals surface area contributed by atoms with Crippen molar-refractivity contribution in [2.75, 3.05) is 23.0 Å². The Bertz CT molecular complexity index is 498. The number of aryl methyl sites for hydroxylation is 1. The van der Waals surface area contributed by atoms with Gasteiger partial charge >= 0.3 is 11.2 Å². The molecule has 0 saturated heterocycles. The van der Waals surface area contributed by atoms with E-state index in [1.807, 2.05) is 0 Å². The van der Waals surface area contributed by atoms with E-state index in [0.29, 0.717) is 0 Å². The summed E-state index contributed by atoms with van der Waals surface area (Å²) in [6, 6.07) is 0. The molecule has 8 nitrogen and oxygen atoms in total. The number of halogens is 3. The molecule has 20 heavy (non-hydrogen) atoms. The minimum absolute atomic E-state index is 0.0453. The van der Waals surface area contributed by atoms with Crippen molar-refractivity contribution in [3.05, 3.63) is 15.8 Å². The van der Waals surface area contributed by atoms with Crippen LogP contribution < -0.4 is 16.6 Å². The van der Waals surface area contributed by atoms with Crippen LogP contribution in [0.4, 0.5) is 30.6 Å². The third-order valence-corrected chi connectivity index (χ3v) is 2.77. The monoisotopic (exact) mass is 312 g/mol. The molecule has 12 heteroatoms. The quantitative estimate of drug-likeness (QED) is 0.314. The average molecular weight is 312 g/mol. The summed E-state index contributed by atoms with van der Waals surface area (Å²) in [5.74, 6) is 4.54. The molecule has 1 aromatic heterocycles. The second kappa shape index (κ2) is 6.56. The maximum absolute atomic E-state index is 11.9. The Balaban J connectivity index is 2.82. The largest absolute Gasteiger partial charge is 0.441 e. The lowest BCUT2D eigenvalue weighted by Gasteiger charge is -2.10. The molecule has 0 aliphatic heterocycles. The summed E-state index contributed by atoms with van der Waals surface area (Å²) in [5, 5.41) is 13.4. The van der Waals surface area contributed by atoms with E-state index >= 15 is 0 Å². The van der Waals surface area contributed by atoms with E-state index in [2.05, 4.69) is 20.7 Å². The fourth-order valence-electron chi connectivity index (χ4n) is 1.31. The molecule has 0 fully saturated rings. The standard InChI is InChI=1S/C8H11F3N6O2S/c1-4-5(17(18)19)6(15-7(14-4)16-12)13-2-3-20-8(9,10)11/h2-3,12H2,1H3,(H2,13,14,15,16). The first-order valence-corrected chi connectivity index (χ1v) is 6.17. The number of aromatic nitrogens is 2. The first-order valence-electron chi connectivity index (χ1n) is 5.19. The van der Waals surface area contributed by atoms with Crippen LogP contribution >= 0.6 is 11.8 Å². The van der Waals surface area contributed by atoms with Crippen molar-refractivity contribution >= 4 is 29.2 Å². The Morgan fingerprint density at radius 2 is 2.10 bits per heavy atom. The molecule has 0 radical (unpaired) electrons. The van der Waals surface area contributed by atoms with Crippen LogP contribution in [0.5, 0.6) is 0 Å². The minimum atomic E-state index is -4.35. The van der Waals surface area contributed by atoms with Gasteiger partial charge in [-0.15, -0.1) is 0 Å². The van der Waals surface area contributed by atoms with Gasteiger partial charge in [0.15, 0.2) is 0 Å². The van der Waals surface area contributed by atoms with E-state index in [4.69, 9.17) is 5.84 Å². The molecular formula is C8H11F3N6O2S. The first kappa shape index (κ1) is 16.2. The summed E-state index contributed by atoms with van der Waals surface area (Å²) in [7, 11) is 0. The molecule has 0 amide bonds. The Labute approximate surface area is 115 Å². The normalized spacial score (nSPS) is 11.2. The zero-order chi connectivity index (χ0) is 15.3. The summed E-state index contributed by atoms with van der Waals surface area (Å²) in [6.45, 7) is 1.22. The number of nitrogens with two attached hydrogens (primary N) is 1. The van der Waals surface area contributed by atoms with Crippen molar-refractivity contribution in [1.82, 2.24) is 9.97 Å². The van der Waals surface area contributed by atoms with E-state index in [9.17, 15) is 23.3 Å². The van der Waals surface area contributed by atoms with Crippen molar-refractivity contribution in [2.24, 2.45) is 5.84 Å². The second-order valence-corrected chi connectivity index (χ2v) is 4.61. The maximum atomic E-state index is 11.9. The summed E-state index contributed by atoms with van der Waals surface area (Å²) in [5.41, 5.74) is -2.59. The van der Waals surface area contributed by atoms with Crippen LogP contribution in [-0.4, -0.2) is 32.7 Å². The summed E-state index contributed by atoms with van der Waals surface area (Å²) >= 11 is -0.235. The smallest absolute Gasteiger partial charge is 0.363 e. The molecule has 0 spiro atoms. The van der Waals surface area contributed by atoms with E-state index in [0.717, 1.165) is 0 Å². The van der Waals surface area contributed by atoms with Crippen molar-refractivity contribution in [2.45, 2.75) is 12.4 Å². The minimum Gasteiger partial charge on any atom is -0.363 e. The van der Waals surface area contributed by atoms with Gasteiger partial charge < -0.3 is 5.32 Å². The van der Waals surface area contributed by atoms with Gasteiger partial charge in [-0.1, -0.05) is 0 Å². The summed E-state index contributed by atoms with van der Waals surface area (Å²) in [4.78, 5) is 17.6. The number of hydrogen-bond donors (Lipinski definition) is 3. The van der Waals surface area contributed by atoms with E-state index < -0.39 is 16.1 Å². The Morgan fingerprint density at radius 3 is 2.60 bits per heavy atom. The Morgan fingerprint density at radius 1 is 1.45 bits per heavy atom. The number of nitrogens with zero attached hydrogens (tertiary/aromatic N) is 3. The van der Waals surface area contributed by atoms with Crippen molar-refractivity contribution in [3.8, 4) is 0 Å². The predicted octanol–water partition coefficient (Wildman–Crippen LogP) is 1.64. The lowest BCUT2D eigenvalue weighted by molar-refractivity contribution is -0.385. The lowest BCUT2D eigenvalue weighted by atomic mass is 10.3. The number of nitrogen functional groups attached to an aromatic ring is 1. The maximum Gasteiger partial charge on any atom is 0.441 e. The number of hydrogen-bond acceptors (Lipinski definition) is 8. The van der Waals surface area contributed by atoms with Gasteiger partial charge in [0.2, 0.25) is 11.8 Å². The van der Waals surface area contributed by atoms with E-state index in [1.54, 1.807) is 0 Å². The highest BCUT2D eigenvalue weighted by molar-refractivity contribution is 8.00. The van der Waals surface area contributed by atoms with Crippen LogP contribution in [0.3, 0.4) is 0 Å². The predicted molar refractivity (Wildman–Crippen MR) is 68.2 cm³/mol. The van der Waals surface area contributed by atoms with Crippen molar-refractivity contribution in [3.63, 3.8) is 0 Å². The van der Waals surface area contributed by atoms with Crippen LogP contribution in [0.2, 0.25) is 0 Å². The zero-order valence-electron chi connectivity index (χ0n) is 10.2. The summed E-state index contributed by atoms with van der Waals surface area (Å²) < 4.78 is 35.8. The van der Waals surface area contributed by atoms with Crippen molar-refractivity contribution in [1.29, 1.82) is 0 Å².